The molecule has 0 aromatic rings. The van der Waals surface area contributed by atoms with E-state index < -0.39 is 0 Å². The highest BCUT2D eigenvalue weighted by atomic mass is 16.5. The Bertz CT molecular complexity index is 446. The normalized spacial score (nSPS) is 15.7. The molecule has 1 rings (SSSR count). The number of unbranched alkanes of at least 4 members (excludes halogenated alkanes) is 3. The molecule has 0 spiro atoms. The zero-order valence-electron chi connectivity index (χ0n) is 16.7. The molecule has 1 fully saturated rings. The molecular weight excluding hydrogens is 332 g/mol. The van der Waals surface area contributed by atoms with Gasteiger partial charge < -0.3 is 20.3 Å². The van der Waals surface area contributed by atoms with Gasteiger partial charge >= 0.3 is 5.97 Å². The molecule has 7 heteroatoms. The highest BCUT2D eigenvalue weighted by Gasteiger charge is 2.22. The average molecular weight is 369 g/mol. The lowest BCUT2D eigenvalue weighted by Gasteiger charge is -2.34. The van der Waals surface area contributed by atoms with Crippen LogP contribution in [-0.2, 0) is 14.3 Å². The summed E-state index contributed by atoms with van der Waals surface area (Å²) in [6, 6.07) is 0. The van der Waals surface area contributed by atoms with Crippen LogP contribution in [0.2, 0.25) is 0 Å². The average Bonchev–Trinajstić information content (AvgIpc) is 2.65. The number of nitrogens with zero attached hydrogens (tertiary/aromatic N) is 2. The molecule has 1 heterocycles. The van der Waals surface area contributed by atoms with E-state index in [0.717, 1.165) is 64.1 Å². The Morgan fingerprint density at radius 3 is 2.46 bits per heavy atom. The molecule has 0 atom stereocenters. The third kappa shape index (κ3) is 9.06. The fourth-order valence-corrected chi connectivity index (χ4v) is 3.23. The SMILES string of the molecule is CCOC(=O)CCCCCCNC(=NC)N1CCC(CC(=O)NC)CC1. The first-order valence-electron chi connectivity index (χ1n) is 9.92. The van der Waals surface area contributed by atoms with Gasteiger partial charge in [-0.25, -0.2) is 0 Å². The lowest BCUT2D eigenvalue weighted by Crippen LogP contribution is -2.46. The van der Waals surface area contributed by atoms with Crippen LogP contribution in [0.3, 0.4) is 0 Å². The third-order valence-corrected chi connectivity index (χ3v) is 4.77. The van der Waals surface area contributed by atoms with Crippen molar-refractivity contribution in [3.8, 4) is 0 Å². The smallest absolute Gasteiger partial charge is 0.305 e. The summed E-state index contributed by atoms with van der Waals surface area (Å²) in [6.07, 6.45) is 7.31. The summed E-state index contributed by atoms with van der Waals surface area (Å²) in [7, 11) is 3.51. The van der Waals surface area contributed by atoms with Gasteiger partial charge in [-0.05, 0) is 38.5 Å². The van der Waals surface area contributed by atoms with Crippen molar-refractivity contribution in [3.05, 3.63) is 0 Å². The molecule has 0 bridgehead atoms. The summed E-state index contributed by atoms with van der Waals surface area (Å²) in [5.41, 5.74) is 0. The number of rotatable bonds is 10. The molecule has 1 amide bonds. The maximum absolute atomic E-state index is 11.5. The molecule has 0 aromatic heterocycles. The lowest BCUT2D eigenvalue weighted by molar-refractivity contribution is -0.143. The summed E-state index contributed by atoms with van der Waals surface area (Å²) in [5.74, 6) is 1.47. The first-order chi connectivity index (χ1) is 12.6. The summed E-state index contributed by atoms with van der Waals surface area (Å²) >= 11 is 0. The van der Waals surface area contributed by atoms with E-state index in [1.165, 1.54) is 0 Å². The van der Waals surface area contributed by atoms with Gasteiger partial charge in [0.25, 0.3) is 0 Å². The molecule has 0 aliphatic carbocycles. The Hall–Kier alpha value is -1.79. The van der Waals surface area contributed by atoms with Crippen LogP contribution in [-0.4, -0.2) is 63.1 Å². The Kier molecular flexibility index (Phi) is 11.5. The van der Waals surface area contributed by atoms with Crippen LogP contribution in [0.25, 0.3) is 0 Å². The minimum absolute atomic E-state index is 0.0918. The number of amides is 1. The Morgan fingerprint density at radius 2 is 1.85 bits per heavy atom. The van der Waals surface area contributed by atoms with Crippen molar-refractivity contribution in [3.63, 3.8) is 0 Å². The molecule has 26 heavy (non-hydrogen) atoms. The van der Waals surface area contributed by atoms with Crippen LogP contribution in [0.5, 0.6) is 0 Å². The van der Waals surface area contributed by atoms with Gasteiger partial charge in [-0.2, -0.15) is 0 Å². The number of likely N-dealkylation sites (tertiary alicyclic amines) is 1. The van der Waals surface area contributed by atoms with E-state index in [-0.39, 0.29) is 11.9 Å². The second kappa shape index (κ2) is 13.4. The van der Waals surface area contributed by atoms with Gasteiger partial charge in [0.15, 0.2) is 5.96 Å². The number of guanidine groups is 1. The molecule has 0 unspecified atom stereocenters. The van der Waals surface area contributed by atoms with E-state index in [9.17, 15) is 9.59 Å². The minimum atomic E-state index is -0.0918. The van der Waals surface area contributed by atoms with Crippen molar-refractivity contribution in [1.82, 2.24) is 15.5 Å². The van der Waals surface area contributed by atoms with Gasteiger partial charge in [0.2, 0.25) is 5.91 Å². The standard InChI is InChI=1S/C19H36N4O3/c1-4-26-18(25)9-7-5-6-8-12-22-19(21-3)23-13-10-16(11-14-23)15-17(24)20-2/h16H,4-15H2,1-3H3,(H,20,24)(H,21,22). The molecule has 0 radical (unpaired) electrons. The van der Waals surface area contributed by atoms with Crippen LogP contribution in [0.1, 0.15) is 58.3 Å². The predicted molar refractivity (Wildman–Crippen MR) is 104 cm³/mol. The van der Waals surface area contributed by atoms with Gasteiger partial charge in [-0.1, -0.05) is 12.8 Å². The van der Waals surface area contributed by atoms with E-state index in [2.05, 4.69) is 20.5 Å². The Labute approximate surface area is 157 Å². The number of esters is 1. The first-order valence-corrected chi connectivity index (χ1v) is 9.92. The number of nitrogens with one attached hydrogen (secondary N) is 2. The number of hydrogen-bond donors (Lipinski definition) is 2. The zero-order chi connectivity index (χ0) is 19.2. The van der Waals surface area contributed by atoms with Crippen molar-refractivity contribution in [1.29, 1.82) is 0 Å². The maximum atomic E-state index is 11.5. The number of carbonyl (C=O) groups excluding carboxylic acids is 2. The molecule has 0 saturated carbocycles. The second-order valence-electron chi connectivity index (χ2n) is 6.75. The van der Waals surface area contributed by atoms with Gasteiger partial charge in [-0.15, -0.1) is 0 Å². The predicted octanol–water partition coefficient (Wildman–Crippen LogP) is 1.92. The van der Waals surface area contributed by atoms with Gasteiger partial charge in [-0.3, -0.25) is 14.6 Å². The Balaban J connectivity index is 2.12. The molecule has 7 nitrogen and oxygen atoms in total. The third-order valence-electron chi connectivity index (χ3n) is 4.77. The highest BCUT2D eigenvalue weighted by Crippen LogP contribution is 2.20. The topological polar surface area (TPSA) is 83.0 Å². The second-order valence-corrected chi connectivity index (χ2v) is 6.75. The van der Waals surface area contributed by atoms with Gasteiger partial charge in [0, 0.05) is 46.6 Å². The zero-order valence-corrected chi connectivity index (χ0v) is 16.7. The monoisotopic (exact) mass is 368 g/mol. The largest absolute Gasteiger partial charge is 0.466 e. The van der Waals surface area contributed by atoms with E-state index in [1.807, 2.05) is 14.0 Å². The van der Waals surface area contributed by atoms with E-state index in [1.54, 1.807) is 7.05 Å². The fraction of sp³-hybridized carbons (Fsp3) is 0.842. The number of ether oxygens (including phenoxy) is 1. The van der Waals surface area contributed by atoms with E-state index in [4.69, 9.17) is 4.74 Å². The summed E-state index contributed by atoms with van der Waals surface area (Å²) in [5, 5.41) is 6.14. The van der Waals surface area contributed by atoms with Crippen LogP contribution >= 0.6 is 0 Å². The molecule has 1 saturated heterocycles. The molecule has 1 aliphatic rings. The minimum Gasteiger partial charge on any atom is -0.466 e. The number of aliphatic imine (C=N–C) groups is 1. The van der Waals surface area contributed by atoms with Crippen LogP contribution < -0.4 is 10.6 Å². The fourth-order valence-electron chi connectivity index (χ4n) is 3.23. The maximum Gasteiger partial charge on any atom is 0.305 e. The van der Waals surface area contributed by atoms with Gasteiger partial charge in [0.1, 0.15) is 0 Å². The first kappa shape index (κ1) is 22.3. The van der Waals surface area contributed by atoms with Gasteiger partial charge in [0.05, 0.1) is 6.61 Å². The van der Waals surface area contributed by atoms with E-state index in [0.29, 0.717) is 25.4 Å². The van der Waals surface area contributed by atoms with Crippen LogP contribution in [0.15, 0.2) is 4.99 Å². The molecule has 1 aliphatic heterocycles. The molecule has 150 valence electrons. The van der Waals surface area contributed by atoms with Crippen LogP contribution in [0, 0.1) is 5.92 Å². The van der Waals surface area contributed by atoms with Crippen molar-refractivity contribution >= 4 is 17.8 Å². The quantitative estimate of drug-likeness (QED) is 0.266. The van der Waals surface area contributed by atoms with Crippen molar-refractivity contribution in [2.24, 2.45) is 10.9 Å². The molecule has 0 aromatic carbocycles. The molecular formula is C19H36N4O3. The summed E-state index contributed by atoms with van der Waals surface area (Å²) < 4.78 is 4.92. The van der Waals surface area contributed by atoms with E-state index >= 15 is 0 Å². The number of carbonyl (C=O) groups is 2. The lowest BCUT2D eigenvalue weighted by atomic mass is 9.93. The number of piperidine rings is 1. The highest BCUT2D eigenvalue weighted by molar-refractivity contribution is 5.80. The number of hydrogen-bond acceptors (Lipinski definition) is 4. The van der Waals surface area contributed by atoms with Crippen molar-refractivity contribution in [2.45, 2.75) is 58.3 Å². The molecule has 2 N–H and O–H groups in total. The van der Waals surface area contributed by atoms with Crippen molar-refractivity contribution in [2.75, 3.05) is 40.3 Å². The van der Waals surface area contributed by atoms with Crippen LogP contribution in [0.4, 0.5) is 0 Å². The Morgan fingerprint density at radius 1 is 1.15 bits per heavy atom. The van der Waals surface area contributed by atoms with Crippen molar-refractivity contribution < 1.29 is 14.3 Å². The summed E-state index contributed by atoms with van der Waals surface area (Å²) in [4.78, 5) is 29.4. The summed E-state index contributed by atoms with van der Waals surface area (Å²) in [6.45, 7) is 5.08.